The molecule has 0 aromatic carbocycles. The Hall–Kier alpha value is -0.290. The number of nitrogens with two attached hydrogens (primary N) is 1. The van der Waals surface area contributed by atoms with Crippen LogP contribution in [-0.4, -0.2) is 35.2 Å². The lowest BCUT2D eigenvalue weighted by atomic mass is 9.82. The van der Waals surface area contributed by atoms with Crippen LogP contribution in [-0.2, 0) is 0 Å². The highest BCUT2D eigenvalue weighted by atomic mass is 19.4. The van der Waals surface area contributed by atoms with Crippen LogP contribution in [0.5, 0.6) is 0 Å². The van der Waals surface area contributed by atoms with Crippen molar-refractivity contribution < 1.29 is 13.2 Å². The molecule has 0 aromatic heterocycles. The van der Waals surface area contributed by atoms with Crippen molar-refractivity contribution in [1.29, 1.82) is 0 Å². The van der Waals surface area contributed by atoms with E-state index in [0.717, 1.165) is 38.5 Å². The summed E-state index contributed by atoms with van der Waals surface area (Å²) in [5.41, 5.74) is 6.04. The summed E-state index contributed by atoms with van der Waals surface area (Å²) in [7, 11) is 0. The lowest BCUT2D eigenvalue weighted by Crippen LogP contribution is -2.53. The third kappa shape index (κ3) is 2.64. The number of alkyl halides is 3. The van der Waals surface area contributed by atoms with Crippen LogP contribution in [0.3, 0.4) is 0 Å². The largest absolute Gasteiger partial charge is 0.391 e. The maximum Gasteiger partial charge on any atom is 0.391 e. The smallest absolute Gasteiger partial charge is 0.328 e. The maximum atomic E-state index is 12.9. The SMILES string of the molecule is NC1CC2CCC(C1)N2C1CCCC(C(F)(F)F)C1. The lowest BCUT2D eigenvalue weighted by molar-refractivity contribution is -0.188. The molecule has 1 saturated carbocycles. The molecule has 2 bridgehead atoms. The van der Waals surface area contributed by atoms with Gasteiger partial charge < -0.3 is 5.73 Å². The first kappa shape index (κ1) is 13.7. The third-order valence-electron chi connectivity index (χ3n) is 5.36. The first-order valence-corrected chi connectivity index (χ1v) is 7.55. The molecule has 4 unspecified atom stereocenters. The van der Waals surface area contributed by atoms with E-state index in [4.69, 9.17) is 5.73 Å². The molecule has 3 rings (SSSR count). The summed E-state index contributed by atoms with van der Waals surface area (Å²) in [5, 5.41) is 0. The van der Waals surface area contributed by atoms with Crippen LogP contribution in [0.25, 0.3) is 0 Å². The van der Waals surface area contributed by atoms with E-state index in [9.17, 15) is 13.2 Å². The summed E-state index contributed by atoms with van der Waals surface area (Å²) >= 11 is 0. The van der Waals surface area contributed by atoms with E-state index in [0.29, 0.717) is 24.9 Å². The number of halogens is 3. The summed E-state index contributed by atoms with van der Waals surface area (Å²) < 4.78 is 38.7. The molecule has 0 amide bonds. The number of fused-ring (bicyclic) bond motifs is 2. The van der Waals surface area contributed by atoms with Gasteiger partial charge in [0.25, 0.3) is 0 Å². The van der Waals surface area contributed by atoms with E-state index in [-0.39, 0.29) is 12.1 Å². The molecule has 19 heavy (non-hydrogen) atoms. The topological polar surface area (TPSA) is 29.3 Å². The molecule has 1 aliphatic carbocycles. The standard InChI is InChI=1S/C14H23F3N2/c15-14(16,17)9-2-1-3-11(6-9)19-12-4-5-13(19)8-10(18)7-12/h9-13H,1-8,18H2. The predicted molar refractivity (Wildman–Crippen MR) is 67.7 cm³/mol. The van der Waals surface area contributed by atoms with E-state index in [2.05, 4.69) is 4.90 Å². The molecule has 110 valence electrons. The summed E-state index contributed by atoms with van der Waals surface area (Å²) in [6.07, 6.45) is 2.49. The van der Waals surface area contributed by atoms with Crippen molar-refractivity contribution in [2.45, 2.75) is 81.7 Å². The van der Waals surface area contributed by atoms with Crippen LogP contribution >= 0.6 is 0 Å². The van der Waals surface area contributed by atoms with Gasteiger partial charge in [-0.25, -0.2) is 0 Å². The van der Waals surface area contributed by atoms with Crippen LogP contribution in [0.2, 0.25) is 0 Å². The minimum atomic E-state index is -4.01. The summed E-state index contributed by atoms with van der Waals surface area (Å²) in [6, 6.07) is 1.30. The second kappa shape index (κ2) is 4.92. The fourth-order valence-corrected chi connectivity index (χ4v) is 4.58. The van der Waals surface area contributed by atoms with Gasteiger partial charge in [-0.05, 0) is 44.9 Å². The van der Waals surface area contributed by atoms with Gasteiger partial charge in [0.1, 0.15) is 0 Å². The minimum Gasteiger partial charge on any atom is -0.328 e. The Bertz CT molecular complexity index is 317. The molecule has 0 aromatic rings. The molecular formula is C14H23F3N2. The summed E-state index contributed by atoms with van der Waals surface area (Å²) in [6.45, 7) is 0. The van der Waals surface area contributed by atoms with Gasteiger partial charge in [0.2, 0.25) is 0 Å². The van der Waals surface area contributed by atoms with Gasteiger partial charge >= 0.3 is 6.18 Å². The number of nitrogens with zero attached hydrogens (tertiary/aromatic N) is 1. The quantitative estimate of drug-likeness (QED) is 0.797. The zero-order valence-corrected chi connectivity index (χ0v) is 11.2. The van der Waals surface area contributed by atoms with E-state index in [1.807, 2.05) is 0 Å². The average Bonchev–Trinajstić information content (AvgIpc) is 2.61. The molecule has 2 nitrogen and oxygen atoms in total. The molecule has 3 aliphatic rings. The maximum absolute atomic E-state index is 12.9. The van der Waals surface area contributed by atoms with Gasteiger partial charge in [-0.1, -0.05) is 6.42 Å². The van der Waals surface area contributed by atoms with Crippen LogP contribution in [0, 0.1) is 5.92 Å². The van der Waals surface area contributed by atoms with E-state index in [1.165, 1.54) is 0 Å². The first-order valence-electron chi connectivity index (χ1n) is 7.55. The van der Waals surface area contributed by atoms with Crippen LogP contribution in [0.15, 0.2) is 0 Å². The number of hydrogen-bond acceptors (Lipinski definition) is 2. The first-order chi connectivity index (χ1) is 8.95. The van der Waals surface area contributed by atoms with Crippen LogP contribution in [0.1, 0.15) is 51.4 Å². The summed E-state index contributed by atoms with van der Waals surface area (Å²) in [4.78, 5) is 2.42. The molecule has 0 spiro atoms. The predicted octanol–water partition coefficient (Wildman–Crippen LogP) is 3.06. The number of hydrogen-bond donors (Lipinski definition) is 1. The Morgan fingerprint density at radius 3 is 2.00 bits per heavy atom. The monoisotopic (exact) mass is 276 g/mol. The zero-order chi connectivity index (χ0) is 13.6. The van der Waals surface area contributed by atoms with Gasteiger partial charge in [0, 0.05) is 24.2 Å². The Kier molecular flexibility index (Phi) is 3.54. The zero-order valence-electron chi connectivity index (χ0n) is 11.2. The number of piperidine rings is 1. The van der Waals surface area contributed by atoms with Crippen molar-refractivity contribution in [1.82, 2.24) is 4.90 Å². The molecule has 0 radical (unpaired) electrons. The normalized spacial score (nSPS) is 44.5. The lowest BCUT2D eigenvalue weighted by Gasteiger charge is -2.45. The van der Waals surface area contributed by atoms with Crippen molar-refractivity contribution in [3.8, 4) is 0 Å². The van der Waals surface area contributed by atoms with E-state index in [1.54, 1.807) is 0 Å². The fourth-order valence-electron chi connectivity index (χ4n) is 4.58. The molecule has 2 saturated heterocycles. The Morgan fingerprint density at radius 2 is 1.42 bits per heavy atom. The van der Waals surface area contributed by atoms with Crippen LogP contribution in [0.4, 0.5) is 13.2 Å². The fraction of sp³-hybridized carbons (Fsp3) is 1.00. The molecule has 2 N–H and O–H groups in total. The molecule has 4 atom stereocenters. The van der Waals surface area contributed by atoms with Gasteiger partial charge in [0.05, 0.1) is 5.92 Å². The Labute approximate surface area is 112 Å². The third-order valence-corrected chi connectivity index (χ3v) is 5.36. The van der Waals surface area contributed by atoms with Gasteiger partial charge in [0.15, 0.2) is 0 Å². The van der Waals surface area contributed by atoms with E-state index >= 15 is 0 Å². The molecule has 5 heteroatoms. The highest BCUT2D eigenvalue weighted by Gasteiger charge is 2.48. The summed E-state index contributed by atoms with van der Waals surface area (Å²) in [5.74, 6) is -1.08. The van der Waals surface area contributed by atoms with Gasteiger partial charge in [-0.3, -0.25) is 4.90 Å². The highest BCUT2D eigenvalue weighted by molar-refractivity contribution is 5.00. The minimum absolute atomic E-state index is 0.144. The molecular weight excluding hydrogens is 253 g/mol. The van der Waals surface area contributed by atoms with Crippen molar-refractivity contribution in [2.24, 2.45) is 11.7 Å². The Balaban J connectivity index is 1.69. The van der Waals surface area contributed by atoms with Crippen molar-refractivity contribution in [3.63, 3.8) is 0 Å². The second-order valence-electron chi connectivity index (χ2n) is 6.62. The van der Waals surface area contributed by atoms with E-state index < -0.39 is 12.1 Å². The molecule has 3 fully saturated rings. The number of rotatable bonds is 1. The van der Waals surface area contributed by atoms with Crippen molar-refractivity contribution in [3.05, 3.63) is 0 Å². The van der Waals surface area contributed by atoms with Gasteiger partial charge in [-0.15, -0.1) is 0 Å². The van der Waals surface area contributed by atoms with Gasteiger partial charge in [-0.2, -0.15) is 13.2 Å². The van der Waals surface area contributed by atoms with Crippen molar-refractivity contribution in [2.75, 3.05) is 0 Å². The molecule has 2 aliphatic heterocycles. The average molecular weight is 276 g/mol. The second-order valence-corrected chi connectivity index (χ2v) is 6.62. The van der Waals surface area contributed by atoms with Crippen molar-refractivity contribution >= 4 is 0 Å². The Morgan fingerprint density at radius 1 is 0.842 bits per heavy atom. The van der Waals surface area contributed by atoms with Crippen LogP contribution < -0.4 is 5.73 Å². The highest BCUT2D eigenvalue weighted by Crippen LogP contribution is 2.44. The molecule has 2 heterocycles.